The average Bonchev–Trinajstić information content (AvgIpc) is 2.77. The Bertz CT molecular complexity index is 452. The Labute approximate surface area is 119 Å². The molecule has 0 spiro atoms. The Morgan fingerprint density at radius 1 is 1.55 bits per heavy atom. The van der Waals surface area contributed by atoms with Crippen LogP contribution in [0.4, 0.5) is 0 Å². The minimum atomic E-state index is -0.984. The lowest BCUT2D eigenvalue weighted by atomic mass is 9.96. The number of nitrogens with one attached hydrogen (secondary N) is 1. The van der Waals surface area contributed by atoms with E-state index < -0.39 is 11.6 Å². The van der Waals surface area contributed by atoms with Gasteiger partial charge in [-0.25, -0.2) is 0 Å². The Hall–Kier alpha value is -1.43. The van der Waals surface area contributed by atoms with E-state index in [-0.39, 0.29) is 18.6 Å². The van der Waals surface area contributed by atoms with Gasteiger partial charge in [0.25, 0.3) is 0 Å². The molecule has 1 aromatic rings. The van der Waals surface area contributed by atoms with E-state index in [4.69, 9.17) is 10.5 Å². The summed E-state index contributed by atoms with van der Waals surface area (Å²) in [6, 6.07) is 9.02. The lowest BCUT2D eigenvalue weighted by Crippen LogP contribution is -2.51. The van der Waals surface area contributed by atoms with Crippen LogP contribution >= 0.6 is 0 Å². The molecule has 2 unspecified atom stereocenters. The highest BCUT2D eigenvalue weighted by Crippen LogP contribution is 2.24. The summed E-state index contributed by atoms with van der Waals surface area (Å²) in [5.41, 5.74) is 5.92. The Kier molecular flexibility index (Phi) is 4.75. The quantitative estimate of drug-likeness (QED) is 0.719. The van der Waals surface area contributed by atoms with Gasteiger partial charge in [-0.2, -0.15) is 0 Å². The molecule has 1 fully saturated rings. The fourth-order valence-corrected chi connectivity index (χ4v) is 2.33. The number of rotatable bonds is 5. The summed E-state index contributed by atoms with van der Waals surface area (Å²) in [5.74, 6) is -0.249. The minimum absolute atomic E-state index is 0.176. The van der Waals surface area contributed by atoms with E-state index in [0.717, 1.165) is 5.56 Å². The molecule has 1 amide bonds. The molecule has 1 aliphatic heterocycles. The fourth-order valence-electron chi connectivity index (χ4n) is 2.33. The molecule has 1 aliphatic rings. The highest BCUT2D eigenvalue weighted by Gasteiger charge is 2.39. The monoisotopic (exact) mass is 278 g/mol. The van der Waals surface area contributed by atoms with Crippen molar-refractivity contribution in [3.63, 3.8) is 0 Å². The first-order valence-corrected chi connectivity index (χ1v) is 6.92. The number of hydrogen-bond donors (Lipinski definition) is 3. The highest BCUT2D eigenvalue weighted by atomic mass is 16.5. The van der Waals surface area contributed by atoms with Crippen molar-refractivity contribution in [2.45, 2.75) is 37.5 Å². The Morgan fingerprint density at radius 2 is 2.25 bits per heavy atom. The third-order valence-electron chi connectivity index (χ3n) is 3.86. The smallest absolute Gasteiger partial charge is 0.237 e. The molecule has 1 aromatic carbocycles. The summed E-state index contributed by atoms with van der Waals surface area (Å²) < 4.78 is 5.32. The van der Waals surface area contributed by atoms with Gasteiger partial charge in [0.2, 0.25) is 5.91 Å². The number of nitrogens with two attached hydrogens (primary N) is 1. The summed E-state index contributed by atoms with van der Waals surface area (Å²) >= 11 is 0. The number of amides is 1. The predicted octanol–water partition coefficient (Wildman–Crippen LogP) is 0.213. The number of benzene rings is 1. The summed E-state index contributed by atoms with van der Waals surface area (Å²) in [4.78, 5) is 12.0. The van der Waals surface area contributed by atoms with E-state index in [2.05, 4.69) is 5.32 Å². The predicted molar refractivity (Wildman–Crippen MR) is 76.1 cm³/mol. The van der Waals surface area contributed by atoms with Crippen LogP contribution in [-0.4, -0.2) is 41.9 Å². The van der Waals surface area contributed by atoms with Gasteiger partial charge in [-0.1, -0.05) is 30.3 Å². The molecule has 110 valence electrons. The SMILES string of the molecule is CC1OCCC1(O)CNC(=O)[C@H](N)Cc1ccccc1. The van der Waals surface area contributed by atoms with Crippen molar-refractivity contribution in [3.05, 3.63) is 35.9 Å². The molecule has 2 rings (SSSR count). The number of ether oxygens (including phenoxy) is 1. The van der Waals surface area contributed by atoms with Crippen molar-refractivity contribution in [2.24, 2.45) is 5.73 Å². The second-order valence-electron chi connectivity index (χ2n) is 5.38. The molecule has 1 saturated heterocycles. The van der Waals surface area contributed by atoms with E-state index in [1.54, 1.807) is 0 Å². The summed E-state index contributed by atoms with van der Waals surface area (Å²) in [6.07, 6.45) is 0.743. The van der Waals surface area contributed by atoms with Crippen LogP contribution in [0.15, 0.2) is 30.3 Å². The Morgan fingerprint density at radius 3 is 2.85 bits per heavy atom. The van der Waals surface area contributed by atoms with Gasteiger partial charge in [-0.3, -0.25) is 4.79 Å². The van der Waals surface area contributed by atoms with Crippen molar-refractivity contribution in [1.29, 1.82) is 0 Å². The van der Waals surface area contributed by atoms with Gasteiger partial charge >= 0.3 is 0 Å². The van der Waals surface area contributed by atoms with Crippen LogP contribution in [0.5, 0.6) is 0 Å². The van der Waals surface area contributed by atoms with Crippen molar-refractivity contribution >= 4 is 5.91 Å². The average molecular weight is 278 g/mol. The number of hydrogen-bond acceptors (Lipinski definition) is 4. The van der Waals surface area contributed by atoms with Crippen LogP contribution in [0.2, 0.25) is 0 Å². The number of carbonyl (C=O) groups excluding carboxylic acids is 1. The van der Waals surface area contributed by atoms with Crippen molar-refractivity contribution < 1.29 is 14.6 Å². The van der Waals surface area contributed by atoms with Crippen LogP contribution in [0.25, 0.3) is 0 Å². The molecule has 0 aromatic heterocycles. The van der Waals surface area contributed by atoms with E-state index in [0.29, 0.717) is 19.4 Å². The van der Waals surface area contributed by atoms with Gasteiger partial charge in [-0.15, -0.1) is 0 Å². The maximum absolute atomic E-state index is 12.0. The molecule has 4 N–H and O–H groups in total. The maximum atomic E-state index is 12.0. The van der Waals surface area contributed by atoms with Gasteiger partial charge in [0.15, 0.2) is 0 Å². The van der Waals surface area contributed by atoms with Crippen LogP contribution in [0.3, 0.4) is 0 Å². The maximum Gasteiger partial charge on any atom is 0.237 e. The topological polar surface area (TPSA) is 84.6 Å². The zero-order valence-electron chi connectivity index (χ0n) is 11.7. The second-order valence-corrected chi connectivity index (χ2v) is 5.38. The molecule has 3 atom stereocenters. The van der Waals surface area contributed by atoms with E-state index in [9.17, 15) is 9.90 Å². The minimum Gasteiger partial charge on any atom is -0.385 e. The zero-order chi connectivity index (χ0) is 14.6. The van der Waals surface area contributed by atoms with Crippen LogP contribution in [-0.2, 0) is 16.0 Å². The van der Waals surface area contributed by atoms with E-state index >= 15 is 0 Å². The van der Waals surface area contributed by atoms with Crippen LogP contribution < -0.4 is 11.1 Å². The Balaban J connectivity index is 1.82. The van der Waals surface area contributed by atoms with Crippen molar-refractivity contribution in [3.8, 4) is 0 Å². The lowest BCUT2D eigenvalue weighted by molar-refractivity contribution is -0.124. The van der Waals surface area contributed by atoms with Gasteiger partial charge in [0.05, 0.1) is 12.1 Å². The van der Waals surface area contributed by atoms with E-state index in [1.807, 2.05) is 37.3 Å². The molecular formula is C15H22N2O3. The summed E-state index contributed by atoms with van der Waals surface area (Å²) in [7, 11) is 0. The number of aliphatic hydroxyl groups is 1. The lowest BCUT2D eigenvalue weighted by Gasteiger charge is -2.26. The molecule has 0 bridgehead atoms. The third-order valence-corrected chi connectivity index (χ3v) is 3.86. The molecule has 1 heterocycles. The molecule has 0 saturated carbocycles. The third kappa shape index (κ3) is 3.56. The molecular weight excluding hydrogens is 256 g/mol. The normalized spacial score (nSPS) is 27.2. The van der Waals surface area contributed by atoms with Crippen molar-refractivity contribution in [1.82, 2.24) is 5.32 Å². The number of carbonyl (C=O) groups is 1. The van der Waals surface area contributed by atoms with Crippen LogP contribution in [0, 0.1) is 0 Å². The molecule has 20 heavy (non-hydrogen) atoms. The fraction of sp³-hybridized carbons (Fsp3) is 0.533. The van der Waals surface area contributed by atoms with Gasteiger partial charge < -0.3 is 20.9 Å². The molecule has 0 aliphatic carbocycles. The van der Waals surface area contributed by atoms with E-state index in [1.165, 1.54) is 0 Å². The van der Waals surface area contributed by atoms with Gasteiger partial charge in [0, 0.05) is 19.6 Å². The summed E-state index contributed by atoms with van der Waals surface area (Å²) in [5, 5.41) is 13.0. The van der Waals surface area contributed by atoms with Gasteiger partial charge in [-0.05, 0) is 18.9 Å². The zero-order valence-corrected chi connectivity index (χ0v) is 11.7. The first-order chi connectivity index (χ1) is 9.51. The second kappa shape index (κ2) is 6.35. The molecule has 0 radical (unpaired) electrons. The summed E-state index contributed by atoms with van der Waals surface area (Å²) in [6.45, 7) is 2.50. The molecule has 5 heteroatoms. The van der Waals surface area contributed by atoms with Crippen LogP contribution in [0.1, 0.15) is 18.9 Å². The first-order valence-electron chi connectivity index (χ1n) is 6.92. The standard InChI is InChI=1S/C15H22N2O3/c1-11-15(19,7-8-20-11)10-17-14(18)13(16)9-12-5-3-2-4-6-12/h2-6,11,13,19H,7-10,16H2,1H3,(H,17,18)/t11?,13-,15?/m1/s1. The highest BCUT2D eigenvalue weighted by molar-refractivity contribution is 5.81. The largest absolute Gasteiger partial charge is 0.385 e. The first kappa shape index (κ1) is 15.0. The molecule has 5 nitrogen and oxygen atoms in total. The van der Waals surface area contributed by atoms with Crippen molar-refractivity contribution in [2.75, 3.05) is 13.2 Å². The van der Waals surface area contributed by atoms with Gasteiger partial charge in [0.1, 0.15) is 5.60 Å².